The molecule has 660 valence electrons. The maximum Gasteiger partial charge on any atom is 0.320 e. The SMILES string of the molecule is CCCCOc1nc(N)c2cnn(Cc3ccc(CN4CCCC4)cc3)c2n1.CCCCOc1nc(NCc2ccc(OC)cc2)c2cnn(Cc3ccc(CN4CCCC4)cc3)c2n1.COCCOc1nc(N)c2cnn(Cc3ccc(CN4CCCC4)cc3)c2n1.COc1ccc(CNc2nc(Cl)nc3c2cnn3Cc2ccc(CN3CCCC3)cc2)cc1. The number of unbranched alkanes of at least 4 members (excludes halogenated alkanes) is 2. The molecule has 4 aliphatic heterocycles. The molecule has 0 spiro atoms. The number of likely N-dealkylation sites (tertiary alicyclic amines) is 4. The Bertz CT molecular complexity index is 5580. The van der Waals surface area contributed by atoms with Crippen LogP contribution in [0, 0.1) is 0 Å². The van der Waals surface area contributed by atoms with Crippen molar-refractivity contribution >= 4 is 79.0 Å². The predicted molar refractivity (Wildman–Crippen MR) is 494 cm³/mol. The number of hydrogen-bond donors (Lipinski definition) is 4. The lowest BCUT2D eigenvalue weighted by Crippen LogP contribution is -2.18. The summed E-state index contributed by atoms with van der Waals surface area (Å²) in [5.74, 6) is 3.84. The van der Waals surface area contributed by atoms with E-state index in [1.165, 1.54) is 143 Å². The number of hydrogen-bond acceptors (Lipinski definition) is 26. The standard InChI is InChI=1S/C29H36N6O2.C25H27ClN6O.C21H28N6O.C20H26N6O2/c1-3-4-17-37-29-32-27(30-18-22-11-13-25(36-2)14-12-22)26-19-31-35(28(26)33-29)21-24-9-7-23(8-10-24)20-34-15-5-6-16-34;1-33-21-10-8-18(9-11-21)14-27-23-22-15-28-32(24(22)30-25(26)29-23)17-20-6-4-19(5-7-20)16-31-12-2-3-13-31;1-2-3-12-28-21-24-19(22)18-13-23-27(20(18)25-21)15-17-8-6-16(7-9-17)14-26-10-4-5-11-26;1-27-10-11-28-20-23-18(21)17-12-22-26(19(17)24-20)14-16-6-4-15(5-7-16)13-25-8-2-3-9-25/h7-14,19H,3-6,15-18,20-21H2,1-2H3,(H,30,32,33);4-11,15H,2-3,12-14,16-17H2,1H3,(H,27,29,30);6-9,13H,2-5,10-12,14-15H2,1H3,(H2,22,24,25);4-7,12H,2-3,8-11,13-14H2,1H3,(H2,21,23,24). The van der Waals surface area contributed by atoms with E-state index >= 15 is 0 Å². The molecule has 0 aliphatic carbocycles. The van der Waals surface area contributed by atoms with E-state index in [0.717, 1.165) is 113 Å². The van der Waals surface area contributed by atoms with Gasteiger partial charge < -0.3 is 50.5 Å². The number of benzene rings is 6. The van der Waals surface area contributed by atoms with Gasteiger partial charge in [-0.3, -0.25) is 19.6 Å². The lowest BCUT2D eigenvalue weighted by molar-refractivity contribution is 0.141. The van der Waals surface area contributed by atoms with E-state index in [1.54, 1.807) is 39.9 Å². The molecular weight excluding hydrogens is 1610 g/mol. The third kappa shape index (κ3) is 24.5. The van der Waals surface area contributed by atoms with Crippen molar-refractivity contribution in [3.8, 4) is 29.5 Å². The lowest BCUT2D eigenvalue weighted by Gasteiger charge is -2.14. The monoisotopic (exact) mass is 1720 g/mol. The molecule has 12 heterocycles. The third-order valence-electron chi connectivity index (χ3n) is 23.0. The van der Waals surface area contributed by atoms with Crippen LogP contribution in [-0.2, 0) is 70.2 Å². The van der Waals surface area contributed by atoms with Crippen molar-refractivity contribution in [3.63, 3.8) is 0 Å². The summed E-state index contributed by atoms with van der Waals surface area (Å²) in [4.78, 5) is 45.7. The predicted octanol–water partition coefficient (Wildman–Crippen LogP) is 15.3. The Hall–Kier alpha value is -12.2. The highest BCUT2D eigenvalue weighted by atomic mass is 35.5. The molecule has 4 fully saturated rings. The van der Waals surface area contributed by atoms with Gasteiger partial charge in [0.25, 0.3) is 0 Å². The van der Waals surface area contributed by atoms with Crippen molar-refractivity contribution in [2.45, 2.75) is 156 Å². The normalized spacial score (nSPS) is 14.3. The number of fused-ring (bicyclic) bond motifs is 4. The number of anilines is 4. The number of rotatable bonds is 36. The average molecular weight is 1730 g/mol. The van der Waals surface area contributed by atoms with E-state index in [9.17, 15) is 0 Å². The zero-order valence-corrected chi connectivity index (χ0v) is 73.9. The summed E-state index contributed by atoms with van der Waals surface area (Å²) in [6.45, 7) is 23.8. The molecule has 8 aromatic heterocycles. The smallest absolute Gasteiger partial charge is 0.320 e. The lowest BCUT2D eigenvalue weighted by atomic mass is 10.1. The summed E-state index contributed by atoms with van der Waals surface area (Å²) in [5, 5.41) is 28.4. The number of nitrogens with one attached hydrogen (secondary N) is 2. The van der Waals surface area contributed by atoms with Crippen molar-refractivity contribution in [3.05, 3.63) is 231 Å². The van der Waals surface area contributed by atoms with Crippen LogP contribution in [0.2, 0.25) is 5.28 Å². The fourth-order valence-corrected chi connectivity index (χ4v) is 16.0. The first-order valence-electron chi connectivity index (χ1n) is 44.3. The highest BCUT2D eigenvalue weighted by Gasteiger charge is 2.22. The first-order valence-corrected chi connectivity index (χ1v) is 44.6. The van der Waals surface area contributed by atoms with Crippen LogP contribution in [0.1, 0.15) is 147 Å². The maximum absolute atomic E-state index is 6.25. The topological polar surface area (TPSA) is 319 Å². The summed E-state index contributed by atoms with van der Waals surface area (Å²) in [5.41, 5.74) is 27.3. The quantitative estimate of drug-likeness (QED) is 0.0209. The van der Waals surface area contributed by atoms with Gasteiger partial charge in [0.1, 0.15) is 41.4 Å². The Labute approximate surface area is 741 Å². The van der Waals surface area contributed by atoms with Crippen molar-refractivity contribution in [2.75, 3.05) is 122 Å². The van der Waals surface area contributed by atoms with E-state index in [4.69, 9.17) is 56.5 Å². The van der Waals surface area contributed by atoms with Gasteiger partial charge in [-0.15, -0.1) is 0 Å². The maximum atomic E-state index is 6.25. The molecule has 30 nitrogen and oxygen atoms in total. The summed E-state index contributed by atoms with van der Waals surface area (Å²) in [6.07, 6.45) is 21.6. The van der Waals surface area contributed by atoms with Crippen molar-refractivity contribution in [2.24, 2.45) is 0 Å². The number of nitrogen functional groups attached to an aromatic ring is 2. The fourth-order valence-electron chi connectivity index (χ4n) is 15.9. The molecular formula is C95H117ClN24O6. The van der Waals surface area contributed by atoms with E-state index < -0.39 is 0 Å². The van der Waals surface area contributed by atoms with Crippen LogP contribution in [0.25, 0.3) is 44.1 Å². The van der Waals surface area contributed by atoms with E-state index in [-0.39, 0.29) is 11.3 Å². The molecule has 126 heavy (non-hydrogen) atoms. The van der Waals surface area contributed by atoms with Crippen molar-refractivity contribution < 1.29 is 28.4 Å². The number of nitrogens with zero attached hydrogens (tertiary/aromatic N) is 20. The van der Waals surface area contributed by atoms with Crippen LogP contribution in [-0.4, -0.2) is 199 Å². The Morgan fingerprint density at radius 1 is 0.317 bits per heavy atom. The van der Waals surface area contributed by atoms with Crippen LogP contribution >= 0.6 is 11.6 Å². The van der Waals surface area contributed by atoms with Crippen LogP contribution < -0.4 is 45.8 Å². The Morgan fingerprint density at radius 3 is 0.913 bits per heavy atom. The molecule has 6 N–H and O–H groups in total. The molecule has 4 saturated heterocycles. The van der Waals surface area contributed by atoms with E-state index in [2.05, 4.69) is 196 Å². The van der Waals surface area contributed by atoms with Crippen LogP contribution in [0.5, 0.6) is 29.5 Å². The van der Waals surface area contributed by atoms with Gasteiger partial charge in [0.2, 0.25) is 5.28 Å². The molecule has 0 bridgehead atoms. The molecule has 14 aromatic rings. The zero-order valence-electron chi connectivity index (χ0n) is 73.1. The number of aromatic nitrogens is 16. The second-order valence-electron chi connectivity index (χ2n) is 32.5. The molecule has 0 amide bonds. The Balaban J connectivity index is 0.000000130. The van der Waals surface area contributed by atoms with Crippen molar-refractivity contribution in [1.82, 2.24) is 98.6 Å². The molecule has 0 radical (unpaired) electrons. The van der Waals surface area contributed by atoms with Gasteiger partial charge in [0, 0.05) is 46.4 Å². The highest BCUT2D eigenvalue weighted by Crippen LogP contribution is 2.30. The number of nitrogens with two attached hydrogens (primary N) is 2. The summed E-state index contributed by atoms with van der Waals surface area (Å²) < 4.78 is 40.0. The minimum atomic E-state index is 0.197. The average Bonchev–Trinajstić information content (AvgIpc) is 1.65. The molecule has 18 rings (SSSR count). The van der Waals surface area contributed by atoms with Crippen LogP contribution in [0.4, 0.5) is 23.3 Å². The molecule has 6 aromatic carbocycles. The highest BCUT2D eigenvalue weighted by molar-refractivity contribution is 6.28. The fraction of sp³-hybridized carbons (Fsp3) is 0.411. The number of ether oxygens (including phenoxy) is 6. The molecule has 0 unspecified atom stereocenters. The largest absolute Gasteiger partial charge is 0.497 e. The molecule has 0 saturated carbocycles. The van der Waals surface area contributed by atoms with Gasteiger partial charge in [-0.2, -0.15) is 60.3 Å². The third-order valence-corrected chi connectivity index (χ3v) is 23.2. The van der Waals surface area contributed by atoms with E-state index in [1.807, 2.05) is 73.5 Å². The summed E-state index contributed by atoms with van der Waals surface area (Å²) >= 11 is 6.25. The van der Waals surface area contributed by atoms with Crippen LogP contribution in [0.3, 0.4) is 0 Å². The minimum Gasteiger partial charge on any atom is -0.497 e. The molecule has 31 heteroatoms. The Kier molecular flexibility index (Phi) is 31.4. The molecule has 0 atom stereocenters. The van der Waals surface area contributed by atoms with Gasteiger partial charge in [0.15, 0.2) is 22.6 Å². The summed E-state index contributed by atoms with van der Waals surface area (Å²) in [7, 11) is 4.95. The molecule has 4 aliphatic rings. The second kappa shape index (κ2) is 44.6. The van der Waals surface area contributed by atoms with E-state index in [0.29, 0.717) is 112 Å². The van der Waals surface area contributed by atoms with Gasteiger partial charge in [-0.1, -0.05) is 148 Å². The summed E-state index contributed by atoms with van der Waals surface area (Å²) in [6, 6.07) is 51.9. The van der Waals surface area contributed by atoms with Gasteiger partial charge in [-0.05, 0) is 208 Å². The number of halogens is 1. The number of methoxy groups -OCH3 is 3. The van der Waals surface area contributed by atoms with Crippen LogP contribution in [0.15, 0.2) is 170 Å². The van der Waals surface area contributed by atoms with Gasteiger partial charge in [-0.25, -0.2) is 18.7 Å². The first-order chi connectivity index (χ1) is 61.8. The zero-order chi connectivity index (χ0) is 86.8. The Morgan fingerprint density at radius 2 is 0.595 bits per heavy atom. The van der Waals surface area contributed by atoms with Gasteiger partial charge in [0.05, 0.1) is 107 Å². The van der Waals surface area contributed by atoms with Gasteiger partial charge >= 0.3 is 18.0 Å². The first kappa shape index (κ1) is 88.7. The minimum absolute atomic E-state index is 0.197. The van der Waals surface area contributed by atoms with Crippen molar-refractivity contribution in [1.29, 1.82) is 0 Å². The second-order valence-corrected chi connectivity index (χ2v) is 32.8.